The van der Waals surface area contributed by atoms with E-state index >= 15 is 0 Å². The number of nitrogens with zero attached hydrogens (tertiary/aromatic N) is 3. The molecule has 0 unspecified atom stereocenters. The van der Waals surface area contributed by atoms with Crippen molar-refractivity contribution in [2.24, 2.45) is 7.05 Å². The molecule has 102 valence electrons. The normalized spacial score (nSPS) is 25.1. The first-order valence-electron chi connectivity index (χ1n) is 7.04. The molecule has 1 spiro atoms. The van der Waals surface area contributed by atoms with Crippen LogP contribution in [0.15, 0.2) is 36.7 Å². The Hall–Kier alpha value is -2.08. The minimum absolute atomic E-state index is 0.0930. The van der Waals surface area contributed by atoms with E-state index in [1.807, 2.05) is 52.8 Å². The molecule has 1 aromatic carbocycles. The van der Waals surface area contributed by atoms with Crippen molar-refractivity contribution in [1.29, 1.82) is 0 Å². The molecule has 20 heavy (non-hydrogen) atoms. The van der Waals surface area contributed by atoms with Crippen molar-refractivity contribution in [2.45, 2.75) is 18.5 Å². The fraction of sp³-hybridized carbons (Fsp3) is 0.286. The van der Waals surface area contributed by atoms with Crippen molar-refractivity contribution in [2.75, 3.05) is 4.57 Å². The second-order valence-corrected chi connectivity index (χ2v) is 11.2. The SMILES string of the molecule is Cn1cc[n+]2c1C(=O)N1c3ccccc3O[Si-]123CCC3. The molecule has 0 radical (unpaired) electrons. The number of amides is 1. The average molecular weight is 285 g/mol. The summed E-state index contributed by atoms with van der Waals surface area (Å²) in [5.41, 5.74) is 0.953. The van der Waals surface area contributed by atoms with Gasteiger partial charge in [-0.15, -0.1) is 0 Å². The Morgan fingerprint density at radius 2 is 2.10 bits per heavy atom. The van der Waals surface area contributed by atoms with Gasteiger partial charge in [-0.25, -0.2) is 0 Å². The van der Waals surface area contributed by atoms with Crippen LogP contribution >= 0.6 is 0 Å². The number of aryl methyl sites for hydroxylation is 1. The van der Waals surface area contributed by atoms with E-state index in [1.165, 1.54) is 0 Å². The maximum atomic E-state index is 13.0. The summed E-state index contributed by atoms with van der Waals surface area (Å²) >= 11 is 0. The Kier molecular flexibility index (Phi) is 1.51. The van der Waals surface area contributed by atoms with E-state index in [0.717, 1.165) is 35.8 Å². The zero-order chi connectivity index (χ0) is 13.6. The summed E-state index contributed by atoms with van der Waals surface area (Å²) in [6.45, 7) is 0. The molecule has 4 heterocycles. The van der Waals surface area contributed by atoms with E-state index < -0.39 is 7.92 Å². The van der Waals surface area contributed by atoms with Gasteiger partial charge in [-0.1, -0.05) is 0 Å². The number of hydrogen-bond acceptors (Lipinski definition) is 2. The molecule has 0 atom stereocenters. The molecular weight excluding hydrogens is 270 g/mol. The molecule has 5 rings (SSSR count). The van der Waals surface area contributed by atoms with Crippen molar-refractivity contribution in [3.63, 3.8) is 0 Å². The Bertz CT molecular complexity index is 793. The van der Waals surface area contributed by atoms with Gasteiger partial charge in [-0.05, 0) is 0 Å². The molecule has 0 aliphatic carbocycles. The van der Waals surface area contributed by atoms with Crippen LogP contribution in [0, 0.1) is 0 Å². The van der Waals surface area contributed by atoms with E-state index in [4.69, 9.17) is 4.43 Å². The standard InChI is InChI=1S/C14H15N3O2Si/c1-15-7-8-16-13(15)14(18)17-11-5-2-3-6-12(11)19-20(16,17)9-4-10-20/h2-3,5-8H,4,9-10H2,1H3. The number of hydrogen-bond donors (Lipinski definition) is 0. The van der Waals surface area contributed by atoms with E-state index in [-0.39, 0.29) is 5.91 Å². The summed E-state index contributed by atoms with van der Waals surface area (Å²) in [5, 5.41) is 0. The van der Waals surface area contributed by atoms with Crippen LogP contribution in [0.5, 0.6) is 5.75 Å². The van der Waals surface area contributed by atoms with Gasteiger partial charge < -0.3 is 0 Å². The van der Waals surface area contributed by atoms with Crippen LogP contribution < -0.4 is 13.2 Å². The molecule has 1 aromatic heterocycles. The average Bonchev–Trinajstić information content (AvgIpc) is 2.99. The first kappa shape index (κ1) is 10.7. The van der Waals surface area contributed by atoms with Crippen LogP contribution in [0.1, 0.15) is 17.0 Å². The Morgan fingerprint density at radius 3 is 2.85 bits per heavy atom. The maximum absolute atomic E-state index is 13.0. The van der Waals surface area contributed by atoms with Gasteiger partial charge in [-0.2, -0.15) is 0 Å². The number of fused-ring (bicyclic) bond motifs is 3. The van der Waals surface area contributed by atoms with E-state index in [1.54, 1.807) is 0 Å². The number of para-hydroxylation sites is 2. The second kappa shape index (κ2) is 2.83. The first-order chi connectivity index (χ1) is 9.66. The molecule has 3 aliphatic rings. The van der Waals surface area contributed by atoms with Crippen molar-refractivity contribution < 1.29 is 13.5 Å². The molecular formula is C14H15N3O2Si. The van der Waals surface area contributed by atoms with E-state index in [9.17, 15) is 4.79 Å². The molecule has 6 heteroatoms. The summed E-state index contributed by atoms with van der Waals surface area (Å²) in [5.74, 6) is 1.72. The van der Waals surface area contributed by atoms with Gasteiger partial charge >= 0.3 is 116 Å². The number of carbonyl (C=O) groups is 1. The molecule has 0 saturated carbocycles. The predicted molar refractivity (Wildman–Crippen MR) is 74.9 cm³/mol. The fourth-order valence-corrected chi connectivity index (χ4v) is 10.2. The van der Waals surface area contributed by atoms with Crippen LogP contribution in [0.3, 0.4) is 0 Å². The van der Waals surface area contributed by atoms with Crippen LogP contribution in [0.25, 0.3) is 0 Å². The van der Waals surface area contributed by atoms with Gasteiger partial charge in [-0.3, -0.25) is 0 Å². The van der Waals surface area contributed by atoms with E-state index in [0.29, 0.717) is 0 Å². The van der Waals surface area contributed by atoms with Gasteiger partial charge in [0.15, 0.2) is 0 Å². The predicted octanol–water partition coefficient (Wildman–Crippen LogP) is 1.51. The van der Waals surface area contributed by atoms with Crippen molar-refractivity contribution in [1.82, 2.24) is 4.57 Å². The molecule has 1 fully saturated rings. The van der Waals surface area contributed by atoms with Crippen LogP contribution in [0.2, 0.25) is 12.1 Å². The van der Waals surface area contributed by atoms with Gasteiger partial charge in [0, 0.05) is 0 Å². The number of benzene rings is 1. The summed E-state index contributed by atoms with van der Waals surface area (Å²) in [4.78, 5) is 13.0. The van der Waals surface area contributed by atoms with Gasteiger partial charge in [0.2, 0.25) is 0 Å². The van der Waals surface area contributed by atoms with Crippen molar-refractivity contribution in [3.05, 3.63) is 42.5 Å². The number of carbonyl (C=O) groups excluding carboxylic acids is 1. The Labute approximate surface area is 116 Å². The first-order valence-corrected chi connectivity index (χ1v) is 9.75. The molecule has 1 amide bonds. The molecule has 2 aromatic rings. The molecule has 0 N–H and O–H groups in total. The quantitative estimate of drug-likeness (QED) is 0.688. The number of imidazole rings is 1. The monoisotopic (exact) mass is 285 g/mol. The third-order valence-corrected chi connectivity index (χ3v) is 11.6. The summed E-state index contributed by atoms with van der Waals surface area (Å²) in [6.07, 6.45) is 5.13. The summed E-state index contributed by atoms with van der Waals surface area (Å²) < 4.78 is 12.7. The number of rotatable bonds is 0. The summed E-state index contributed by atoms with van der Waals surface area (Å²) in [7, 11) is -1.14. The van der Waals surface area contributed by atoms with Gasteiger partial charge in [0.25, 0.3) is 0 Å². The fourth-order valence-electron chi connectivity index (χ4n) is 4.24. The third kappa shape index (κ3) is 0.815. The second-order valence-electron chi connectivity index (χ2n) is 6.12. The van der Waals surface area contributed by atoms with Gasteiger partial charge in [0.05, 0.1) is 0 Å². The van der Waals surface area contributed by atoms with E-state index in [2.05, 4.69) is 4.23 Å². The van der Waals surface area contributed by atoms with Crippen molar-refractivity contribution >= 4 is 19.5 Å². The minimum atomic E-state index is -3.07. The topological polar surface area (TPSA) is 38.3 Å². The Balaban J connectivity index is 1.89. The zero-order valence-electron chi connectivity index (χ0n) is 11.2. The number of anilines is 1. The molecule has 1 saturated heterocycles. The molecule has 0 bridgehead atoms. The van der Waals surface area contributed by atoms with Crippen LogP contribution in [-0.4, -0.2) is 18.4 Å². The van der Waals surface area contributed by atoms with Crippen molar-refractivity contribution in [3.8, 4) is 5.75 Å². The van der Waals surface area contributed by atoms with Gasteiger partial charge in [0.1, 0.15) is 0 Å². The van der Waals surface area contributed by atoms with Crippen LogP contribution in [0.4, 0.5) is 5.69 Å². The molecule has 3 aliphatic heterocycles. The zero-order valence-corrected chi connectivity index (χ0v) is 12.2. The third-order valence-electron chi connectivity index (χ3n) is 5.26. The molecule has 5 nitrogen and oxygen atoms in total. The number of aromatic nitrogens is 2. The summed E-state index contributed by atoms with van der Waals surface area (Å²) in [6, 6.07) is 9.91. The van der Waals surface area contributed by atoms with Crippen LogP contribution in [-0.2, 0) is 7.05 Å². The Morgan fingerprint density at radius 1 is 1.30 bits per heavy atom.